The van der Waals surface area contributed by atoms with Gasteiger partial charge in [-0.15, -0.1) is 0 Å². The maximum Gasteiger partial charge on any atom is 0.315 e. The van der Waals surface area contributed by atoms with Crippen LogP contribution in [0.4, 0.5) is 8.78 Å². The van der Waals surface area contributed by atoms with Gasteiger partial charge in [0.15, 0.2) is 0 Å². The number of aliphatic hydroxyl groups excluding tert-OH is 1. The maximum absolute atomic E-state index is 11.6. The number of hydrogen-bond donors (Lipinski definition) is 2. The summed E-state index contributed by atoms with van der Waals surface area (Å²) in [5.74, 6) is -1.40. The van der Waals surface area contributed by atoms with E-state index in [1.165, 1.54) is 7.11 Å². The van der Waals surface area contributed by atoms with E-state index in [9.17, 15) is 13.6 Å². The van der Waals surface area contributed by atoms with Crippen LogP contribution in [0.2, 0.25) is 0 Å². The first-order valence-electron chi connectivity index (χ1n) is 3.30. The van der Waals surface area contributed by atoms with Crippen LogP contribution in [0.5, 0.6) is 0 Å². The topological polar surface area (TPSA) is 58.6 Å². The fourth-order valence-electron chi connectivity index (χ4n) is 0.605. The van der Waals surface area contributed by atoms with Gasteiger partial charge in [0.1, 0.15) is 0 Å². The number of aliphatic hydroxyl groups is 1. The van der Waals surface area contributed by atoms with Crippen molar-refractivity contribution in [1.29, 1.82) is 0 Å². The van der Waals surface area contributed by atoms with Crippen LogP contribution in [0.3, 0.4) is 0 Å². The number of carbonyl (C=O) groups excluding carboxylic acids is 1. The van der Waals surface area contributed by atoms with Gasteiger partial charge in [-0.25, -0.2) is 0 Å². The molecule has 2 N–H and O–H groups in total. The summed E-state index contributed by atoms with van der Waals surface area (Å²) in [5.41, 5.74) is 0. The predicted molar refractivity (Wildman–Crippen MR) is 36.9 cm³/mol. The summed E-state index contributed by atoms with van der Waals surface area (Å²) in [6.45, 7) is -0.415. The first-order chi connectivity index (χ1) is 5.61. The Hall–Kier alpha value is -0.750. The minimum Gasteiger partial charge on any atom is -0.394 e. The molecule has 0 aromatic carbocycles. The van der Waals surface area contributed by atoms with Crippen LogP contribution in [0.25, 0.3) is 0 Å². The van der Waals surface area contributed by atoms with Crippen LogP contribution in [0, 0.1) is 0 Å². The van der Waals surface area contributed by atoms with E-state index < -0.39 is 25.0 Å². The first kappa shape index (κ1) is 11.2. The third kappa shape index (κ3) is 4.20. The molecule has 12 heavy (non-hydrogen) atoms. The van der Waals surface area contributed by atoms with Crippen LogP contribution in [0.1, 0.15) is 0 Å². The van der Waals surface area contributed by atoms with Crippen molar-refractivity contribution in [2.45, 2.75) is 12.5 Å². The smallest absolute Gasteiger partial charge is 0.315 e. The number of halogens is 2. The molecule has 0 aliphatic heterocycles. The SMILES string of the molecule is COCC(CO)NC(=O)C(F)F. The molecule has 1 amide bonds. The van der Waals surface area contributed by atoms with Crippen molar-refractivity contribution in [1.82, 2.24) is 5.32 Å². The van der Waals surface area contributed by atoms with Crippen molar-refractivity contribution in [3.63, 3.8) is 0 Å². The van der Waals surface area contributed by atoms with Crippen molar-refractivity contribution in [2.24, 2.45) is 0 Å². The normalized spacial score (nSPS) is 13.1. The monoisotopic (exact) mass is 183 g/mol. The Kier molecular flexibility index (Phi) is 5.48. The van der Waals surface area contributed by atoms with Gasteiger partial charge in [-0.2, -0.15) is 8.78 Å². The van der Waals surface area contributed by atoms with Crippen molar-refractivity contribution >= 4 is 5.91 Å². The predicted octanol–water partition coefficient (Wildman–Crippen LogP) is -0.625. The quantitative estimate of drug-likeness (QED) is 0.597. The molecule has 0 heterocycles. The lowest BCUT2D eigenvalue weighted by Crippen LogP contribution is -2.43. The van der Waals surface area contributed by atoms with Crippen LogP contribution < -0.4 is 5.32 Å². The number of rotatable bonds is 5. The van der Waals surface area contributed by atoms with Crippen molar-refractivity contribution in [3.8, 4) is 0 Å². The maximum atomic E-state index is 11.6. The minimum absolute atomic E-state index is 0.00889. The Morgan fingerprint density at radius 3 is 2.58 bits per heavy atom. The molecule has 0 aromatic heterocycles. The van der Waals surface area contributed by atoms with E-state index in [0.29, 0.717) is 0 Å². The lowest BCUT2D eigenvalue weighted by atomic mass is 10.3. The van der Waals surface area contributed by atoms with E-state index in [4.69, 9.17) is 5.11 Å². The standard InChI is InChI=1S/C6H11F2NO3/c1-12-3-4(2-10)9-6(11)5(7)8/h4-5,10H,2-3H2,1H3,(H,9,11). The van der Waals surface area contributed by atoms with Crippen LogP contribution >= 0.6 is 0 Å². The van der Waals surface area contributed by atoms with Gasteiger partial charge >= 0.3 is 6.43 Å². The molecule has 1 atom stereocenters. The molecule has 6 heteroatoms. The number of nitrogens with one attached hydrogen (secondary N) is 1. The molecule has 0 radical (unpaired) electrons. The van der Waals surface area contributed by atoms with Crippen molar-refractivity contribution in [3.05, 3.63) is 0 Å². The van der Waals surface area contributed by atoms with E-state index in [1.54, 1.807) is 0 Å². The molecule has 0 bridgehead atoms. The molecule has 4 nitrogen and oxygen atoms in total. The van der Waals surface area contributed by atoms with Gasteiger partial charge in [0.2, 0.25) is 0 Å². The highest BCUT2D eigenvalue weighted by Gasteiger charge is 2.18. The zero-order valence-corrected chi connectivity index (χ0v) is 6.59. The lowest BCUT2D eigenvalue weighted by molar-refractivity contribution is -0.133. The third-order valence-electron chi connectivity index (χ3n) is 1.13. The van der Waals surface area contributed by atoms with Gasteiger partial charge < -0.3 is 15.2 Å². The summed E-state index contributed by atoms with van der Waals surface area (Å²) < 4.78 is 27.8. The average Bonchev–Trinajstić information content (AvgIpc) is 2.03. The summed E-state index contributed by atoms with van der Waals surface area (Å²) in [4.78, 5) is 10.4. The molecule has 0 aliphatic carbocycles. The fourth-order valence-corrected chi connectivity index (χ4v) is 0.605. The highest BCUT2D eigenvalue weighted by molar-refractivity contribution is 5.79. The Morgan fingerprint density at radius 2 is 2.25 bits per heavy atom. The summed E-state index contributed by atoms with van der Waals surface area (Å²) in [5, 5.41) is 10.5. The molecule has 0 aromatic rings. The largest absolute Gasteiger partial charge is 0.394 e. The fraction of sp³-hybridized carbons (Fsp3) is 0.833. The number of carbonyl (C=O) groups is 1. The van der Waals surface area contributed by atoms with Gasteiger partial charge in [-0.05, 0) is 0 Å². The molecule has 0 rings (SSSR count). The number of amides is 1. The Bertz CT molecular complexity index is 143. The van der Waals surface area contributed by atoms with E-state index in [0.717, 1.165) is 0 Å². The zero-order valence-electron chi connectivity index (χ0n) is 6.59. The van der Waals surface area contributed by atoms with E-state index >= 15 is 0 Å². The number of hydrogen-bond acceptors (Lipinski definition) is 3. The summed E-state index contributed by atoms with van der Waals surface area (Å²) >= 11 is 0. The first-order valence-corrected chi connectivity index (χ1v) is 3.30. The van der Waals surface area contributed by atoms with Crippen LogP contribution in [0.15, 0.2) is 0 Å². The van der Waals surface area contributed by atoms with E-state index in [2.05, 4.69) is 4.74 Å². The van der Waals surface area contributed by atoms with E-state index in [1.807, 2.05) is 5.32 Å². The molecule has 0 fully saturated rings. The molecule has 0 spiro atoms. The van der Waals surface area contributed by atoms with Gasteiger partial charge in [-0.3, -0.25) is 4.79 Å². The minimum atomic E-state index is -3.06. The number of ether oxygens (including phenoxy) is 1. The average molecular weight is 183 g/mol. The second kappa shape index (κ2) is 5.84. The molecule has 0 aliphatic rings. The second-order valence-electron chi connectivity index (χ2n) is 2.14. The van der Waals surface area contributed by atoms with Gasteiger partial charge in [0.25, 0.3) is 5.91 Å². The molecule has 0 saturated carbocycles. The Labute approximate surface area is 68.5 Å². The highest BCUT2D eigenvalue weighted by atomic mass is 19.3. The number of methoxy groups -OCH3 is 1. The molecule has 0 saturated heterocycles. The van der Waals surface area contributed by atoms with Crippen molar-refractivity contribution in [2.75, 3.05) is 20.3 Å². The third-order valence-corrected chi connectivity index (χ3v) is 1.13. The summed E-state index contributed by atoms with van der Waals surface area (Å²) in [6, 6.07) is -0.767. The zero-order chi connectivity index (χ0) is 9.56. The number of alkyl halides is 2. The van der Waals surface area contributed by atoms with Gasteiger partial charge in [-0.1, -0.05) is 0 Å². The Balaban J connectivity index is 3.77. The highest BCUT2D eigenvalue weighted by Crippen LogP contribution is 1.93. The van der Waals surface area contributed by atoms with Crippen LogP contribution in [-0.4, -0.2) is 43.8 Å². The molecular weight excluding hydrogens is 172 g/mol. The Morgan fingerprint density at radius 1 is 1.67 bits per heavy atom. The van der Waals surface area contributed by atoms with Gasteiger partial charge in [0, 0.05) is 7.11 Å². The van der Waals surface area contributed by atoms with Gasteiger partial charge in [0.05, 0.1) is 19.3 Å². The molecular formula is C6H11F2NO3. The molecule has 72 valence electrons. The van der Waals surface area contributed by atoms with Crippen LogP contribution in [-0.2, 0) is 9.53 Å². The van der Waals surface area contributed by atoms with E-state index in [-0.39, 0.29) is 6.61 Å². The van der Waals surface area contributed by atoms with Crippen molar-refractivity contribution < 1.29 is 23.4 Å². The lowest BCUT2D eigenvalue weighted by Gasteiger charge is -2.14. The summed E-state index contributed by atoms with van der Waals surface area (Å²) in [7, 11) is 1.34. The summed E-state index contributed by atoms with van der Waals surface area (Å²) in [6.07, 6.45) is -3.06. The second-order valence-corrected chi connectivity index (χ2v) is 2.14. The molecule has 1 unspecified atom stereocenters.